The summed E-state index contributed by atoms with van der Waals surface area (Å²) in [5, 5.41) is 0. The molecule has 0 N–H and O–H groups in total. The third-order valence-electron chi connectivity index (χ3n) is 3.89. The zero-order valence-electron chi connectivity index (χ0n) is 12.4. The molecule has 3 heterocycles. The van der Waals surface area contributed by atoms with Gasteiger partial charge in [0.1, 0.15) is 0 Å². The molecule has 3 rings (SSSR count). The molecule has 3 aliphatic heterocycles. The summed E-state index contributed by atoms with van der Waals surface area (Å²) in [6.45, 7) is 20.2. The number of nitrogens with zero attached hydrogens (tertiary/aromatic N) is 3. The van der Waals surface area contributed by atoms with Crippen molar-refractivity contribution in [1.29, 1.82) is 0 Å². The van der Waals surface area contributed by atoms with E-state index in [4.69, 9.17) is 0 Å². The Morgan fingerprint density at radius 2 is 1.06 bits per heavy atom. The van der Waals surface area contributed by atoms with E-state index in [1.807, 2.05) is 0 Å². The third-order valence-corrected chi connectivity index (χ3v) is 3.89. The quantitative estimate of drug-likeness (QED) is 0.745. The SMILES string of the molecule is C1CN2CCN1CC2.CCN(C(C)C)C(C)C. The molecule has 0 atom stereocenters. The Morgan fingerprint density at radius 1 is 0.765 bits per heavy atom. The van der Waals surface area contributed by atoms with Crippen LogP contribution in [0.4, 0.5) is 0 Å². The zero-order chi connectivity index (χ0) is 12.8. The third kappa shape index (κ3) is 4.94. The fraction of sp³-hybridized carbons (Fsp3) is 1.00. The van der Waals surface area contributed by atoms with Crippen LogP contribution in [0, 0.1) is 0 Å². The second-order valence-corrected chi connectivity index (χ2v) is 5.70. The molecule has 0 saturated carbocycles. The number of hydrogen-bond acceptors (Lipinski definition) is 3. The van der Waals surface area contributed by atoms with E-state index in [1.165, 1.54) is 39.3 Å². The average molecular weight is 241 g/mol. The molecule has 0 unspecified atom stereocenters. The van der Waals surface area contributed by atoms with Gasteiger partial charge in [-0.2, -0.15) is 0 Å². The molecule has 0 aliphatic carbocycles. The first-order valence-electron chi connectivity index (χ1n) is 7.25. The highest BCUT2D eigenvalue weighted by Crippen LogP contribution is 2.06. The molecule has 0 spiro atoms. The Bertz CT molecular complexity index is 165. The molecule has 0 aromatic carbocycles. The van der Waals surface area contributed by atoms with E-state index in [2.05, 4.69) is 49.3 Å². The monoisotopic (exact) mass is 241 g/mol. The summed E-state index contributed by atoms with van der Waals surface area (Å²) in [5.41, 5.74) is 0. The van der Waals surface area contributed by atoms with E-state index < -0.39 is 0 Å². The maximum Gasteiger partial charge on any atom is 0.0110 e. The van der Waals surface area contributed by atoms with Gasteiger partial charge >= 0.3 is 0 Å². The van der Waals surface area contributed by atoms with E-state index in [-0.39, 0.29) is 0 Å². The van der Waals surface area contributed by atoms with Gasteiger partial charge in [0.2, 0.25) is 0 Å². The van der Waals surface area contributed by atoms with Gasteiger partial charge in [0, 0.05) is 51.4 Å². The van der Waals surface area contributed by atoms with Crippen molar-refractivity contribution in [3.63, 3.8) is 0 Å². The predicted octanol–water partition coefficient (Wildman–Crippen LogP) is 1.74. The minimum absolute atomic E-state index is 0.690. The Kier molecular flexibility index (Phi) is 6.45. The van der Waals surface area contributed by atoms with Crippen LogP contribution in [0.2, 0.25) is 0 Å². The van der Waals surface area contributed by atoms with Gasteiger partial charge in [0.15, 0.2) is 0 Å². The highest BCUT2D eigenvalue weighted by atomic mass is 15.3. The van der Waals surface area contributed by atoms with Crippen molar-refractivity contribution in [2.45, 2.75) is 46.7 Å². The Labute approximate surface area is 108 Å². The molecular weight excluding hydrogens is 210 g/mol. The molecule has 0 aromatic rings. The summed E-state index contributed by atoms with van der Waals surface area (Å²) >= 11 is 0. The van der Waals surface area contributed by atoms with Crippen LogP contribution in [0.25, 0.3) is 0 Å². The summed E-state index contributed by atoms with van der Waals surface area (Å²) in [6.07, 6.45) is 0. The number of fused-ring (bicyclic) bond motifs is 3. The van der Waals surface area contributed by atoms with Gasteiger partial charge < -0.3 is 0 Å². The molecule has 0 amide bonds. The molecule has 2 bridgehead atoms. The van der Waals surface area contributed by atoms with Gasteiger partial charge in [-0.25, -0.2) is 0 Å². The lowest BCUT2D eigenvalue weighted by atomic mass is 10.2. The topological polar surface area (TPSA) is 9.72 Å². The summed E-state index contributed by atoms with van der Waals surface area (Å²) in [5.74, 6) is 0. The second kappa shape index (κ2) is 7.34. The molecular formula is C14H31N3. The number of rotatable bonds is 3. The summed E-state index contributed by atoms with van der Waals surface area (Å²) in [4.78, 5) is 7.54. The fourth-order valence-electron chi connectivity index (χ4n) is 2.85. The van der Waals surface area contributed by atoms with Gasteiger partial charge in [-0.15, -0.1) is 0 Å². The van der Waals surface area contributed by atoms with Crippen molar-refractivity contribution in [3.8, 4) is 0 Å². The molecule has 102 valence electrons. The van der Waals surface area contributed by atoms with Crippen LogP contribution in [0.1, 0.15) is 34.6 Å². The van der Waals surface area contributed by atoms with Crippen molar-refractivity contribution in [2.24, 2.45) is 0 Å². The molecule has 0 radical (unpaired) electrons. The molecule has 3 heteroatoms. The minimum Gasteiger partial charge on any atom is -0.300 e. The summed E-state index contributed by atoms with van der Waals surface area (Å²) in [7, 11) is 0. The van der Waals surface area contributed by atoms with Crippen LogP contribution in [0.3, 0.4) is 0 Å². The largest absolute Gasteiger partial charge is 0.300 e. The predicted molar refractivity (Wildman–Crippen MR) is 75.5 cm³/mol. The Morgan fingerprint density at radius 3 is 1.12 bits per heavy atom. The van der Waals surface area contributed by atoms with Gasteiger partial charge in [-0.1, -0.05) is 6.92 Å². The van der Waals surface area contributed by atoms with Crippen LogP contribution >= 0.6 is 0 Å². The number of piperazine rings is 3. The number of hydrogen-bond donors (Lipinski definition) is 0. The van der Waals surface area contributed by atoms with E-state index >= 15 is 0 Å². The maximum absolute atomic E-state index is 2.54. The Balaban J connectivity index is 0.000000170. The standard InChI is InChI=1S/C8H19N.C6H12N2/c1-6-9(7(2)3)8(4)5;1-2-8-5-3-7(1)4-6-8/h7-8H,6H2,1-5H3;1-6H2. The summed E-state index contributed by atoms with van der Waals surface area (Å²) < 4.78 is 0. The van der Waals surface area contributed by atoms with Crippen LogP contribution in [-0.2, 0) is 0 Å². The van der Waals surface area contributed by atoms with Crippen molar-refractivity contribution in [2.75, 3.05) is 45.8 Å². The van der Waals surface area contributed by atoms with Crippen LogP contribution in [-0.4, -0.2) is 72.6 Å². The van der Waals surface area contributed by atoms with E-state index in [0.29, 0.717) is 12.1 Å². The van der Waals surface area contributed by atoms with Crippen LogP contribution < -0.4 is 0 Å². The van der Waals surface area contributed by atoms with Gasteiger partial charge in [-0.05, 0) is 34.2 Å². The summed E-state index contributed by atoms with van der Waals surface area (Å²) in [6, 6.07) is 1.38. The Hall–Kier alpha value is -0.120. The second-order valence-electron chi connectivity index (χ2n) is 5.70. The zero-order valence-corrected chi connectivity index (χ0v) is 12.4. The lowest BCUT2D eigenvalue weighted by Gasteiger charge is -2.41. The average Bonchev–Trinajstić information content (AvgIpc) is 2.32. The van der Waals surface area contributed by atoms with Gasteiger partial charge in [0.25, 0.3) is 0 Å². The molecule has 3 nitrogen and oxygen atoms in total. The molecule has 0 aromatic heterocycles. The van der Waals surface area contributed by atoms with Crippen LogP contribution in [0.5, 0.6) is 0 Å². The van der Waals surface area contributed by atoms with Crippen molar-refractivity contribution in [3.05, 3.63) is 0 Å². The fourth-order valence-corrected chi connectivity index (χ4v) is 2.85. The van der Waals surface area contributed by atoms with Crippen molar-refractivity contribution >= 4 is 0 Å². The van der Waals surface area contributed by atoms with E-state index in [9.17, 15) is 0 Å². The lowest BCUT2D eigenvalue weighted by Crippen LogP contribution is -2.55. The first kappa shape index (κ1) is 14.9. The van der Waals surface area contributed by atoms with Gasteiger partial charge in [-0.3, -0.25) is 14.7 Å². The van der Waals surface area contributed by atoms with Crippen LogP contribution in [0.15, 0.2) is 0 Å². The molecule has 17 heavy (non-hydrogen) atoms. The normalized spacial score (nSPS) is 27.5. The van der Waals surface area contributed by atoms with Gasteiger partial charge in [0.05, 0.1) is 0 Å². The first-order valence-corrected chi connectivity index (χ1v) is 7.25. The van der Waals surface area contributed by atoms with Crippen molar-refractivity contribution < 1.29 is 0 Å². The highest BCUT2D eigenvalue weighted by molar-refractivity contribution is 4.78. The van der Waals surface area contributed by atoms with E-state index in [1.54, 1.807) is 0 Å². The first-order chi connectivity index (χ1) is 8.04. The highest BCUT2D eigenvalue weighted by Gasteiger charge is 2.21. The molecule has 3 fully saturated rings. The molecule has 3 aliphatic rings. The maximum atomic E-state index is 2.54. The van der Waals surface area contributed by atoms with Crippen molar-refractivity contribution in [1.82, 2.24) is 14.7 Å². The smallest absolute Gasteiger partial charge is 0.0110 e. The van der Waals surface area contributed by atoms with E-state index in [0.717, 1.165) is 6.54 Å². The lowest BCUT2D eigenvalue weighted by molar-refractivity contribution is 0.0647. The minimum atomic E-state index is 0.690. The molecule has 3 saturated heterocycles.